The van der Waals surface area contributed by atoms with E-state index in [1.54, 1.807) is 13.0 Å². The standard InChI is InChI=1S/C23H27N3O5S/c1-4-16-8-5-7-14(2)22(16)25-23(28)18-9-6-10-26(18)32(29,30)20-12-19-17(11-15(20)3)24-21(27)13-31-19/h5,7-8,11-12,18H,4,6,9-10,13H2,1-3H3,(H,24,27)(H,25,28). The van der Waals surface area contributed by atoms with Crippen LogP contribution in [0.25, 0.3) is 0 Å². The summed E-state index contributed by atoms with van der Waals surface area (Å²) in [5.41, 5.74) is 3.62. The molecule has 170 valence electrons. The third-order valence-electron chi connectivity index (χ3n) is 5.99. The van der Waals surface area contributed by atoms with Gasteiger partial charge in [0.1, 0.15) is 11.8 Å². The highest BCUT2D eigenvalue weighted by Crippen LogP contribution is 2.36. The van der Waals surface area contributed by atoms with Gasteiger partial charge in [-0.15, -0.1) is 0 Å². The SMILES string of the molecule is CCc1cccc(C)c1NC(=O)C1CCCN1S(=O)(=O)c1cc2c(cc1C)NC(=O)CO2. The molecule has 0 aromatic heterocycles. The van der Waals surface area contributed by atoms with Gasteiger partial charge >= 0.3 is 0 Å². The van der Waals surface area contributed by atoms with Gasteiger partial charge in [0.25, 0.3) is 5.91 Å². The Morgan fingerprint density at radius 3 is 2.78 bits per heavy atom. The van der Waals surface area contributed by atoms with E-state index < -0.39 is 16.1 Å². The summed E-state index contributed by atoms with van der Waals surface area (Å²) >= 11 is 0. The van der Waals surface area contributed by atoms with E-state index in [0.29, 0.717) is 29.8 Å². The van der Waals surface area contributed by atoms with E-state index in [0.717, 1.165) is 23.2 Å². The second kappa shape index (κ2) is 8.55. The smallest absolute Gasteiger partial charge is 0.262 e. The number of aryl methyl sites for hydroxylation is 3. The number of para-hydroxylation sites is 1. The number of fused-ring (bicyclic) bond motifs is 1. The van der Waals surface area contributed by atoms with Crippen molar-refractivity contribution < 1.29 is 22.7 Å². The molecule has 0 bridgehead atoms. The minimum Gasteiger partial charge on any atom is -0.482 e. The number of hydrogen-bond acceptors (Lipinski definition) is 5. The fourth-order valence-electron chi connectivity index (χ4n) is 4.32. The second-order valence-corrected chi connectivity index (χ2v) is 10.0. The highest BCUT2D eigenvalue weighted by atomic mass is 32.2. The molecule has 8 nitrogen and oxygen atoms in total. The summed E-state index contributed by atoms with van der Waals surface area (Å²) in [7, 11) is -3.95. The second-order valence-electron chi connectivity index (χ2n) is 8.18. The van der Waals surface area contributed by atoms with Crippen molar-refractivity contribution in [2.75, 3.05) is 23.8 Å². The van der Waals surface area contributed by atoms with Crippen LogP contribution in [0.1, 0.15) is 36.5 Å². The van der Waals surface area contributed by atoms with Crippen molar-refractivity contribution in [1.29, 1.82) is 0 Å². The van der Waals surface area contributed by atoms with Gasteiger partial charge in [-0.1, -0.05) is 25.1 Å². The molecule has 0 radical (unpaired) electrons. The van der Waals surface area contributed by atoms with Crippen molar-refractivity contribution in [3.8, 4) is 5.75 Å². The van der Waals surface area contributed by atoms with Crippen molar-refractivity contribution in [2.24, 2.45) is 0 Å². The Kier molecular flexibility index (Phi) is 5.96. The van der Waals surface area contributed by atoms with Crippen LogP contribution in [0.3, 0.4) is 0 Å². The average molecular weight is 458 g/mol. The zero-order chi connectivity index (χ0) is 23.0. The minimum absolute atomic E-state index is 0.0808. The first-order valence-corrected chi connectivity index (χ1v) is 12.1. The maximum absolute atomic E-state index is 13.6. The van der Waals surface area contributed by atoms with E-state index in [1.165, 1.54) is 10.4 Å². The summed E-state index contributed by atoms with van der Waals surface area (Å²) in [4.78, 5) is 24.8. The van der Waals surface area contributed by atoms with Gasteiger partial charge in [-0.2, -0.15) is 4.31 Å². The number of nitrogens with zero attached hydrogens (tertiary/aromatic N) is 1. The third kappa shape index (κ3) is 3.98. The summed E-state index contributed by atoms with van der Waals surface area (Å²) in [6, 6.07) is 8.06. The van der Waals surface area contributed by atoms with Crippen LogP contribution in [-0.4, -0.2) is 43.7 Å². The summed E-state index contributed by atoms with van der Waals surface area (Å²) in [6.07, 6.45) is 1.81. The van der Waals surface area contributed by atoms with E-state index in [9.17, 15) is 18.0 Å². The summed E-state index contributed by atoms with van der Waals surface area (Å²) in [5, 5.41) is 5.66. The lowest BCUT2D eigenvalue weighted by atomic mass is 10.1. The molecule has 2 amide bonds. The van der Waals surface area contributed by atoms with Gasteiger partial charge in [0, 0.05) is 18.3 Å². The van der Waals surface area contributed by atoms with Gasteiger partial charge in [0.05, 0.1) is 10.6 Å². The van der Waals surface area contributed by atoms with Gasteiger partial charge in [0.2, 0.25) is 15.9 Å². The number of ether oxygens (including phenoxy) is 1. The first-order chi connectivity index (χ1) is 15.2. The number of carbonyl (C=O) groups is 2. The molecule has 1 unspecified atom stereocenters. The number of benzene rings is 2. The van der Waals surface area contributed by atoms with Crippen LogP contribution >= 0.6 is 0 Å². The van der Waals surface area contributed by atoms with Gasteiger partial charge in [-0.25, -0.2) is 8.42 Å². The van der Waals surface area contributed by atoms with E-state index in [1.807, 2.05) is 32.0 Å². The van der Waals surface area contributed by atoms with Gasteiger partial charge < -0.3 is 15.4 Å². The molecule has 2 aliphatic rings. The topological polar surface area (TPSA) is 105 Å². The molecule has 1 atom stereocenters. The van der Waals surface area contributed by atoms with Crippen LogP contribution < -0.4 is 15.4 Å². The molecular weight excluding hydrogens is 430 g/mol. The molecule has 32 heavy (non-hydrogen) atoms. The van der Waals surface area contributed by atoms with Crippen LogP contribution in [0.5, 0.6) is 5.75 Å². The Morgan fingerprint density at radius 2 is 2.03 bits per heavy atom. The fourth-order valence-corrected chi connectivity index (χ4v) is 6.20. The lowest BCUT2D eigenvalue weighted by Crippen LogP contribution is -2.43. The normalized spacial score (nSPS) is 18.6. The number of rotatable bonds is 5. The minimum atomic E-state index is -3.95. The van der Waals surface area contributed by atoms with Gasteiger partial charge in [-0.05, 0) is 55.9 Å². The molecular formula is C23H27N3O5S. The maximum atomic E-state index is 13.6. The lowest BCUT2D eigenvalue weighted by Gasteiger charge is -2.26. The van der Waals surface area contributed by atoms with Crippen LogP contribution in [0.4, 0.5) is 11.4 Å². The zero-order valence-corrected chi connectivity index (χ0v) is 19.2. The molecule has 4 rings (SSSR count). The zero-order valence-electron chi connectivity index (χ0n) is 18.4. The first-order valence-electron chi connectivity index (χ1n) is 10.7. The predicted molar refractivity (Wildman–Crippen MR) is 121 cm³/mol. The van der Waals surface area contributed by atoms with E-state index in [-0.39, 0.29) is 29.9 Å². The molecule has 1 saturated heterocycles. The molecule has 2 aliphatic heterocycles. The number of sulfonamides is 1. The Balaban J connectivity index is 1.63. The number of amides is 2. The molecule has 2 N–H and O–H groups in total. The quantitative estimate of drug-likeness (QED) is 0.718. The van der Waals surface area contributed by atoms with E-state index >= 15 is 0 Å². The fraction of sp³-hybridized carbons (Fsp3) is 0.391. The molecule has 0 aliphatic carbocycles. The Bertz CT molecular complexity index is 1190. The van der Waals surface area contributed by atoms with Gasteiger partial charge in [0.15, 0.2) is 6.61 Å². The Hall–Kier alpha value is -2.91. The van der Waals surface area contributed by atoms with E-state index in [4.69, 9.17) is 4.74 Å². The molecule has 2 heterocycles. The number of nitrogens with one attached hydrogen (secondary N) is 2. The summed E-state index contributed by atoms with van der Waals surface area (Å²) in [6.45, 7) is 5.71. The average Bonchev–Trinajstić information content (AvgIpc) is 3.25. The van der Waals surface area contributed by atoms with Crippen molar-refractivity contribution in [3.05, 3.63) is 47.0 Å². The molecule has 1 fully saturated rings. The summed E-state index contributed by atoms with van der Waals surface area (Å²) < 4.78 is 33.8. The van der Waals surface area contributed by atoms with E-state index in [2.05, 4.69) is 10.6 Å². The Labute approximate surface area is 188 Å². The highest BCUT2D eigenvalue weighted by Gasteiger charge is 2.40. The molecule has 0 spiro atoms. The molecule has 0 saturated carbocycles. The number of anilines is 2. The lowest BCUT2D eigenvalue weighted by molar-refractivity contribution is -0.119. The number of carbonyl (C=O) groups excluding carboxylic acids is 2. The highest BCUT2D eigenvalue weighted by molar-refractivity contribution is 7.89. The predicted octanol–water partition coefficient (Wildman–Crippen LogP) is 2.99. The molecule has 9 heteroatoms. The van der Waals surface area contributed by atoms with Crippen LogP contribution in [0.2, 0.25) is 0 Å². The van der Waals surface area contributed by atoms with Crippen LogP contribution in [0, 0.1) is 13.8 Å². The van der Waals surface area contributed by atoms with Crippen molar-refractivity contribution in [2.45, 2.75) is 51.0 Å². The third-order valence-corrected chi connectivity index (χ3v) is 8.04. The van der Waals surface area contributed by atoms with Crippen LogP contribution in [0.15, 0.2) is 35.2 Å². The van der Waals surface area contributed by atoms with Crippen molar-refractivity contribution in [3.63, 3.8) is 0 Å². The maximum Gasteiger partial charge on any atom is 0.262 e. The first kappa shape index (κ1) is 22.3. The van der Waals surface area contributed by atoms with Crippen molar-refractivity contribution >= 4 is 33.2 Å². The largest absolute Gasteiger partial charge is 0.482 e. The summed E-state index contributed by atoms with van der Waals surface area (Å²) in [5.74, 6) is -0.304. The Morgan fingerprint density at radius 1 is 1.25 bits per heavy atom. The molecule has 2 aromatic rings. The van der Waals surface area contributed by atoms with Gasteiger partial charge in [-0.3, -0.25) is 9.59 Å². The monoisotopic (exact) mass is 457 g/mol. The number of hydrogen-bond donors (Lipinski definition) is 2. The van der Waals surface area contributed by atoms with Crippen molar-refractivity contribution in [1.82, 2.24) is 4.31 Å². The molecule has 2 aromatic carbocycles. The van der Waals surface area contributed by atoms with Crippen LogP contribution in [-0.2, 0) is 26.0 Å².